The van der Waals surface area contributed by atoms with Crippen molar-refractivity contribution in [3.63, 3.8) is 0 Å². The number of piperidine rings is 1. The summed E-state index contributed by atoms with van der Waals surface area (Å²) < 4.78 is 0. The number of hydrogen-bond acceptors (Lipinski definition) is 4. The number of carbonyl (C=O) groups excluding carboxylic acids is 1. The van der Waals surface area contributed by atoms with E-state index >= 15 is 0 Å². The summed E-state index contributed by atoms with van der Waals surface area (Å²) in [4.78, 5) is 17.0. The van der Waals surface area contributed by atoms with Crippen molar-refractivity contribution in [3.8, 4) is 0 Å². The maximum atomic E-state index is 11.8. The van der Waals surface area contributed by atoms with Crippen LogP contribution in [-0.4, -0.2) is 24.0 Å². The highest BCUT2D eigenvalue weighted by atomic mass is 32.1. The van der Waals surface area contributed by atoms with E-state index in [1.807, 2.05) is 6.92 Å². The van der Waals surface area contributed by atoms with Gasteiger partial charge in [-0.3, -0.25) is 4.79 Å². The maximum Gasteiger partial charge on any atom is 0.229 e. The molecule has 0 aromatic carbocycles. The number of aryl methyl sites for hydroxylation is 1. The van der Waals surface area contributed by atoms with Gasteiger partial charge < -0.3 is 10.6 Å². The molecule has 1 aliphatic rings. The number of aromatic nitrogens is 1. The first-order chi connectivity index (χ1) is 7.25. The normalized spacial score (nSPS) is 17.7. The third-order valence-electron chi connectivity index (χ3n) is 2.56. The van der Waals surface area contributed by atoms with Gasteiger partial charge in [-0.25, -0.2) is 4.98 Å². The molecule has 0 spiro atoms. The Morgan fingerprint density at radius 3 is 2.93 bits per heavy atom. The first-order valence-corrected chi connectivity index (χ1v) is 6.01. The molecular formula is C10H15N3OS. The summed E-state index contributed by atoms with van der Waals surface area (Å²) in [6.45, 7) is 3.86. The average Bonchev–Trinajstić information content (AvgIpc) is 2.65. The topological polar surface area (TPSA) is 54.0 Å². The molecule has 82 valence electrons. The lowest BCUT2D eigenvalue weighted by atomic mass is 9.97. The number of nitrogens with zero attached hydrogens (tertiary/aromatic N) is 1. The number of nitrogens with one attached hydrogen (secondary N) is 2. The molecular weight excluding hydrogens is 210 g/mol. The highest BCUT2D eigenvalue weighted by molar-refractivity contribution is 7.15. The molecule has 0 unspecified atom stereocenters. The van der Waals surface area contributed by atoms with Crippen LogP contribution in [-0.2, 0) is 4.79 Å². The van der Waals surface area contributed by atoms with Crippen molar-refractivity contribution in [3.05, 3.63) is 11.1 Å². The molecule has 1 aromatic heterocycles. The third-order valence-corrected chi connectivity index (χ3v) is 3.39. The minimum atomic E-state index is 0.117. The lowest BCUT2D eigenvalue weighted by molar-refractivity contribution is -0.120. The first kappa shape index (κ1) is 10.6. The largest absolute Gasteiger partial charge is 0.317 e. The van der Waals surface area contributed by atoms with Crippen LogP contribution in [0.2, 0.25) is 0 Å². The quantitative estimate of drug-likeness (QED) is 0.799. The van der Waals surface area contributed by atoms with Crippen LogP contribution in [0.1, 0.15) is 17.7 Å². The van der Waals surface area contributed by atoms with E-state index in [0.29, 0.717) is 0 Å². The Labute approximate surface area is 93.1 Å². The molecule has 15 heavy (non-hydrogen) atoms. The Morgan fingerprint density at radius 1 is 1.60 bits per heavy atom. The van der Waals surface area contributed by atoms with Gasteiger partial charge in [0.05, 0.1) is 0 Å². The van der Waals surface area contributed by atoms with E-state index in [1.165, 1.54) is 11.3 Å². The average molecular weight is 225 g/mol. The van der Waals surface area contributed by atoms with Crippen molar-refractivity contribution >= 4 is 22.4 Å². The van der Waals surface area contributed by atoms with Gasteiger partial charge in [-0.2, -0.15) is 0 Å². The van der Waals surface area contributed by atoms with E-state index < -0.39 is 0 Å². The van der Waals surface area contributed by atoms with Crippen molar-refractivity contribution in [1.82, 2.24) is 10.3 Å². The van der Waals surface area contributed by atoms with Crippen molar-refractivity contribution < 1.29 is 4.79 Å². The molecule has 0 atom stereocenters. The van der Waals surface area contributed by atoms with E-state index in [9.17, 15) is 4.79 Å². The monoisotopic (exact) mass is 225 g/mol. The SMILES string of the molecule is Cc1cnc(NC(=O)C2CCNCC2)s1. The van der Waals surface area contributed by atoms with Gasteiger partial charge in [0.1, 0.15) is 0 Å². The lowest BCUT2D eigenvalue weighted by Gasteiger charge is -2.20. The molecule has 1 fully saturated rings. The Morgan fingerprint density at radius 2 is 2.33 bits per heavy atom. The van der Waals surface area contributed by atoms with Gasteiger partial charge in [-0.05, 0) is 32.9 Å². The molecule has 2 heterocycles. The molecule has 2 rings (SSSR count). The molecule has 0 bridgehead atoms. The van der Waals surface area contributed by atoms with Gasteiger partial charge in [-0.15, -0.1) is 11.3 Å². The summed E-state index contributed by atoms with van der Waals surface area (Å²) in [5, 5.41) is 6.84. The van der Waals surface area contributed by atoms with E-state index in [4.69, 9.17) is 0 Å². The van der Waals surface area contributed by atoms with Crippen LogP contribution >= 0.6 is 11.3 Å². The van der Waals surface area contributed by atoms with Crippen LogP contribution in [0.5, 0.6) is 0 Å². The van der Waals surface area contributed by atoms with Gasteiger partial charge in [-0.1, -0.05) is 0 Å². The van der Waals surface area contributed by atoms with Crippen molar-refractivity contribution in [2.45, 2.75) is 19.8 Å². The van der Waals surface area contributed by atoms with E-state index in [2.05, 4.69) is 15.6 Å². The lowest BCUT2D eigenvalue weighted by Crippen LogP contribution is -2.34. The summed E-state index contributed by atoms with van der Waals surface area (Å²) in [6.07, 6.45) is 3.63. The van der Waals surface area contributed by atoms with Crippen molar-refractivity contribution in [2.24, 2.45) is 5.92 Å². The standard InChI is InChI=1S/C10H15N3OS/c1-7-6-12-10(15-7)13-9(14)8-2-4-11-5-3-8/h6,8,11H,2-5H2,1H3,(H,12,13,14). The number of thiazole rings is 1. The predicted octanol–water partition coefficient (Wildman–Crippen LogP) is 1.39. The Kier molecular flexibility index (Phi) is 3.33. The van der Waals surface area contributed by atoms with Crippen LogP contribution in [0.3, 0.4) is 0 Å². The first-order valence-electron chi connectivity index (χ1n) is 5.20. The molecule has 5 heteroatoms. The Hall–Kier alpha value is -0.940. The van der Waals surface area contributed by atoms with Crippen LogP contribution in [0.25, 0.3) is 0 Å². The highest BCUT2D eigenvalue weighted by Crippen LogP contribution is 2.19. The molecule has 0 radical (unpaired) electrons. The number of carbonyl (C=O) groups is 1. The number of hydrogen-bond donors (Lipinski definition) is 2. The van der Waals surface area contributed by atoms with Crippen LogP contribution < -0.4 is 10.6 Å². The van der Waals surface area contributed by atoms with Gasteiger partial charge in [0.25, 0.3) is 0 Å². The van der Waals surface area contributed by atoms with Crippen molar-refractivity contribution in [2.75, 3.05) is 18.4 Å². The third kappa shape index (κ3) is 2.76. The van der Waals surface area contributed by atoms with Crippen molar-refractivity contribution in [1.29, 1.82) is 0 Å². The Bertz CT molecular complexity index is 344. The fraction of sp³-hybridized carbons (Fsp3) is 0.600. The molecule has 1 aliphatic heterocycles. The van der Waals surface area contributed by atoms with E-state index in [1.54, 1.807) is 6.20 Å². The summed E-state index contributed by atoms with van der Waals surface area (Å²) in [5.41, 5.74) is 0. The maximum absolute atomic E-state index is 11.8. The summed E-state index contributed by atoms with van der Waals surface area (Å²) in [7, 11) is 0. The molecule has 1 amide bonds. The van der Waals surface area contributed by atoms with Crippen LogP contribution in [0, 0.1) is 12.8 Å². The predicted molar refractivity (Wildman–Crippen MR) is 61.1 cm³/mol. The molecule has 4 nitrogen and oxygen atoms in total. The highest BCUT2D eigenvalue weighted by Gasteiger charge is 2.21. The molecule has 1 aromatic rings. The van der Waals surface area contributed by atoms with E-state index in [0.717, 1.165) is 35.9 Å². The Balaban J connectivity index is 1.91. The van der Waals surface area contributed by atoms with Gasteiger partial charge in [0.2, 0.25) is 5.91 Å². The molecule has 2 N–H and O–H groups in total. The van der Waals surface area contributed by atoms with Gasteiger partial charge in [0, 0.05) is 17.0 Å². The second-order valence-corrected chi connectivity index (χ2v) is 5.02. The summed E-state index contributed by atoms with van der Waals surface area (Å²) >= 11 is 1.52. The fourth-order valence-electron chi connectivity index (χ4n) is 1.70. The smallest absolute Gasteiger partial charge is 0.229 e. The minimum Gasteiger partial charge on any atom is -0.317 e. The minimum absolute atomic E-state index is 0.117. The van der Waals surface area contributed by atoms with Gasteiger partial charge >= 0.3 is 0 Å². The zero-order valence-electron chi connectivity index (χ0n) is 8.75. The number of rotatable bonds is 2. The van der Waals surface area contributed by atoms with Crippen LogP contribution in [0.15, 0.2) is 6.20 Å². The number of amides is 1. The van der Waals surface area contributed by atoms with Gasteiger partial charge in [0.15, 0.2) is 5.13 Å². The summed E-state index contributed by atoms with van der Waals surface area (Å²) in [5.74, 6) is 0.265. The second kappa shape index (κ2) is 4.72. The summed E-state index contributed by atoms with van der Waals surface area (Å²) in [6, 6.07) is 0. The zero-order valence-corrected chi connectivity index (χ0v) is 9.56. The second-order valence-electron chi connectivity index (χ2n) is 3.79. The molecule has 0 saturated carbocycles. The molecule has 0 aliphatic carbocycles. The zero-order chi connectivity index (χ0) is 10.7. The fourth-order valence-corrected chi connectivity index (χ4v) is 2.37. The molecule has 1 saturated heterocycles. The van der Waals surface area contributed by atoms with Crippen LogP contribution in [0.4, 0.5) is 5.13 Å². The number of anilines is 1. The van der Waals surface area contributed by atoms with E-state index in [-0.39, 0.29) is 11.8 Å².